The van der Waals surface area contributed by atoms with Gasteiger partial charge in [0.25, 0.3) is 0 Å². The fraction of sp³-hybridized carbons (Fsp3) is 0. The van der Waals surface area contributed by atoms with Crippen LogP contribution in [-0.2, 0) is 0 Å². The van der Waals surface area contributed by atoms with Gasteiger partial charge in [0.05, 0.1) is 0 Å². The Bertz CT molecular complexity index is 22.4. The summed E-state index contributed by atoms with van der Waals surface area (Å²) >= 11 is 12.4. The Hall–Kier alpha value is 2.70. The molecule has 0 aromatic rings. The largest absolute Gasteiger partial charge is 0.446 e. The predicted molar refractivity (Wildman–Crippen MR) is 46.6 cm³/mol. The number of rotatable bonds is 0. The minimum absolute atomic E-state index is 1.43. The predicted octanol–water partition coefficient (Wildman–Crippen LogP) is 3.04. The van der Waals surface area contributed by atoms with Crippen LogP contribution in [0.1, 0.15) is 0 Å². The van der Waals surface area contributed by atoms with E-state index in [0.717, 1.165) is 0 Å². The summed E-state index contributed by atoms with van der Waals surface area (Å²) in [7, 11) is 0. The molecule has 0 bridgehead atoms. The van der Waals surface area contributed by atoms with Crippen molar-refractivity contribution >= 4 is 66.7 Å². The minimum Gasteiger partial charge on any atom is -0.363 e. The average Bonchev–Trinajstić information content (AvgIpc) is 0.722. The van der Waals surface area contributed by atoms with Crippen LogP contribution >= 0.6 is 62.4 Å². The van der Waals surface area contributed by atoms with Crippen molar-refractivity contribution in [2.75, 3.05) is 0 Å². The van der Waals surface area contributed by atoms with Gasteiger partial charge in [0, 0.05) is 0 Å². The molecule has 0 amide bonds. The van der Waals surface area contributed by atoms with Crippen LogP contribution in [0.15, 0.2) is 0 Å². The van der Waals surface area contributed by atoms with Crippen molar-refractivity contribution in [2.24, 2.45) is 0 Å². The van der Waals surface area contributed by atoms with Crippen molar-refractivity contribution in [2.45, 2.75) is 0 Å². The summed E-state index contributed by atoms with van der Waals surface area (Å²) in [4.78, 5) is 0. The molecule has 5 heavy (non-hydrogen) atoms. The summed E-state index contributed by atoms with van der Waals surface area (Å²) in [5.74, 6) is 0. The molecule has 0 unspecified atom stereocenters. The highest BCUT2D eigenvalue weighted by Gasteiger charge is 2.08. The molecule has 0 saturated heterocycles. The first-order valence-corrected chi connectivity index (χ1v) is 14.6. The first-order valence-electron chi connectivity index (χ1n) is 0.873. The van der Waals surface area contributed by atoms with Gasteiger partial charge in [-0.25, -0.2) is 0 Å². The fourth-order valence-electron chi connectivity index (χ4n) is 0. The van der Waals surface area contributed by atoms with Crippen LogP contribution in [0.2, 0.25) is 0 Å². The quantitative estimate of drug-likeness (QED) is 0.438. The zero-order valence-corrected chi connectivity index (χ0v) is 10.2. The van der Waals surface area contributed by atoms with Crippen molar-refractivity contribution in [3.63, 3.8) is 0 Å². The molecule has 0 fully saturated rings. The smallest absolute Gasteiger partial charge is 0.363 e. The molecule has 32 valence electrons. The van der Waals surface area contributed by atoms with Gasteiger partial charge in [-0.05, 0) is 0 Å². The normalized spacial score (nSPS) is 12.0. The lowest BCUT2D eigenvalue weighted by molar-refractivity contribution is 4.90. The molecule has 0 aliphatic carbocycles. The lowest BCUT2D eigenvalue weighted by atomic mass is 26.9. The van der Waals surface area contributed by atoms with Crippen LogP contribution in [0, 0.1) is 0 Å². The van der Waals surface area contributed by atoms with Crippen LogP contribution in [0.4, 0.5) is 0 Å². The summed E-state index contributed by atoms with van der Waals surface area (Å²) in [6.45, 7) is 0. The second-order valence-electron chi connectivity index (χ2n) is 0.495. The van der Waals surface area contributed by atoms with E-state index in [0.29, 0.717) is 0 Å². The van der Waals surface area contributed by atoms with Crippen LogP contribution in [0.3, 0.4) is 0 Å². The van der Waals surface area contributed by atoms with Crippen LogP contribution < -0.4 is 0 Å². The zero-order valence-electron chi connectivity index (χ0n) is 2.09. The van der Waals surface area contributed by atoms with Crippen molar-refractivity contribution < 1.29 is 0 Å². The van der Waals surface area contributed by atoms with Crippen LogP contribution in [0.5, 0.6) is 0 Å². The maximum absolute atomic E-state index is 3.36. The van der Waals surface area contributed by atoms with Crippen molar-refractivity contribution in [1.29, 1.82) is 0 Å². The molecule has 0 radical (unpaired) electrons. The number of hydrogen-bond donors (Lipinski definition) is 0. The SMILES string of the molecule is [Br][Al-]([Br])([Br])[I]. The second kappa shape index (κ2) is 2.88. The topological polar surface area (TPSA) is 0 Å². The Morgan fingerprint density at radius 1 is 1.20 bits per heavy atom. The highest BCUT2D eigenvalue weighted by molar-refractivity contribution is 14.1. The van der Waals surface area contributed by atoms with Gasteiger partial charge in [-0.3, -0.25) is 0 Å². The molecule has 0 aromatic heterocycles. The third kappa shape index (κ3) is 20.3. The lowest BCUT2D eigenvalue weighted by Crippen LogP contribution is -1.85. The Balaban J connectivity index is 3.02. The Morgan fingerprint density at radius 2 is 1.20 bits per heavy atom. The molecule has 0 aliphatic rings. The van der Waals surface area contributed by atoms with Crippen molar-refractivity contribution in [3.05, 3.63) is 0 Å². The van der Waals surface area contributed by atoms with Gasteiger partial charge in [-0.2, -0.15) is 0 Å². The fourth-order valence-corrected chi connectivity index (χ4v) is 0. The van der Waals surface area contributed by atoms with Crippen molar-refractivity contribution in [1.82, 2.24) is 0 Å². The Morgan fingerprint density at radius 3 is 1.20 bits per heavy atom. The van der Waals surface area contributed by atoms with Gasteiger partial charge in [-0.1, -0.05) is 0 Å². The average molecular weight is 394 g/mol. The first kappa shape index (κ1) is 7.70. The lowest BCUT2D eigenvalue weighted by Gasteiger charge is -2.00. The molecule has 0 N–H and O–H groups in total. The van der Waals surface area contributed by atoms with Crippen LogP contribution in [-0.4, -0.2) is 4.32 Å². The van der Waals surface area contributed by atoms with E-state index in [-0.39, 0.29) is 0 Å². The molecule has 0 nitrogen and oxygen atoms in total. The van der Waals surface area contributed by atoms with E-state index in [1.807, 2.05) is 0 Å². The van der Waals surface area contributed by atoms with E-state index in [2.05, 4.69) is 62.4 Å². The summed E-state index contributed by atoms with van der Waals surface area (Å²) < 4.78 is -1.43. The molecule has 0 atom stereocenters. The molecule has 0 saturated carbocycles. The molecule has 0 aliphatic heterocycles. The van der Waals surface area contributed by atoms with Crippen LogP contribution in [0.25, 0.3) is 0 Å². The van der Waals surface area contributed by atoms with Crippen molar-refractivity contribution in [3.8, 4) is 0 Å². The first-order chi connectivity index (χ1) is 2.00. The van der Waals surface area contributed by atoms with E-state index in [4.69, 9.17) is 0 Å². The Labute approximate surface area is 65.4 Å². The number of halogens is 4. The van der Waals surface area contributed by atoms with Gasteiger partial charge < -0.3 is 62.4 Å². The van der Waals surface area contributed by atoms with E-state index >= 15 is 0 Å². The molecular formula is AlBr3I-. The van der Waals surface area contributed by atoms with E-state index in [1.165, 1.54) is 0 Å². The maximum Gasteiger partial charge on any atom is 0.446 e. The van der Waals surface area contributed by atoms with Gasteiger partial charge in [-0.15, -0.1) is 0 Å². The molecular weight excluding hydrogens is 394 g/mol. The number of hydrogen-bond acceptors (Lipinski definition) is 0. The van der Waals surface area contributed by atoms with E-state index in [1.54, 1.807) is 0 Å². The zero-order chi connectivity index (χ0) is 4.50. The molecule has 0 aromatic carbocycles. The molecule has 5 heteroatoms. The second-order valence-corrected chi connectivity index (χ2v) is 45.9. The maximum atomic E-state index is 3.36. The van der Waals surface area contributed by atoms with Gasteiger partial charge in [0.2, 0.25) is 0 Å². The molecule has 0 heterocycles. The molecule has 0 spiro atoms. The summed E-state index contributed by atoms with van der Waals surface area (Å²) in [5.41, 5.74) is 0. The van der Waals surface area contributed by atoms with Gasteiger partial charge >= 0.3 is 4.32 Å². The van der Waals surface area contributed by atoms with Gasteiger partial charge in [0.1, 0.15) is 0 Å². The molecule has 0 rings (SSSR count). The van der Waals surface area contributed by atoms with E-state index in [9.17, 15) is 0 Å². The standard InChI is InChI=1S/Al.3BrH.HI/h;4*1H/q+3;;;;/p-4. The summed E-state index contributed by atoms with van der Waals surface area (Å²) in [6, 6.07) is 0. The van der Waals surface area contributed by atoms with Gasteiger partial charge in [0.15, 0.2) is 0 Å². The third-order valence-corrected chi connectivity index (χ3v) is 0. The monoisotopic (exact) mass is 391 g/mol. The highest BCUT2D eigenvalue weighted by Crippen LogP contribution is 2.33. The summed E-state index contributed by atoms with van der Waals surface area (Å²) in [6.07, 6.45) is 0. The summed E-state index contributed by atoms with van der Waals surface area (Å²) in [5, 5.41) is 0. The highest BCUT2D eigenvalue weighted by atomic mass is 127. The Kier molecular flexibility index (Phi) is 4.43. The minimum atomic E-state index is -1.43. The van der Waals surface area contributed by atoms with E-state index < -0.39 is 4.32 Å². The third-order valence-electron chi connectivity index (χ3n) is 0.